The summed E-state index contributed by atoms with van der Waals surface area (Å²) in [6, 6.07) is 2.21. The summed E-state index contributed by atoms with van der Waals surface area (Å²) in [5, 5.41) is 3.35. The van der Waals surface area contributed by atoms with Crippen molar-refractivity contribution in [3.8, 4) is 0 Å². The first-order chi connectivity index (χ1) is 8.19. The van der Waals surface area contributed by atoms with E-state index >= 15 is 0 Å². The molecule has 0 spiro atoms. The smallest absolute Gasteiger partial charge is 0.118 e. The van der Waals surface area contributed by atoms with Crippen molar-refractivity contribution >= 4 is 0 Å². The van der Waals surface area contributed by atoms with Gasteiger partial charge < -0.3 is 9.73 Å². The number of aryl methyl sites for hydroxylation is 1. The average molecular weight is 236 g/mol. The Morgan fingerprint density at radius 2 is 2.35 bits per heavy atom. The fourth-order valence-corrected chi connectivity index (χ4v) is 2.49. The molecule has 1 unspecified atom stereocenters. The summed E-state index contributed by atoms with van der Waals surface area (Å²) in [6.07, 6.45) is 1.32. The molecule has 2 rings (SSSR count). The number of nitrogens with zero attached hydrogens (tertiary/aromatic N) is 1. The third kappa shape index (κ3) is 3.33. The summed E-state index contributed by atoms with van der Waals surface area (Å²) in [6.45, 7) is 11.8. The second kappa shape index (κ2) is 5.69. The fraction of sp³-hybridized carbons (Fsp3) is 0.714. The van der Waals surface area contributed by atoms with Crippen LogP contribution in [-0.2, 0) is 13.1 Å². The predicted molar refractivity (Wildman–Crippen MR) is 69.9 cm³/mol. The van der Waals surface area contributed by atoms with E-state index in [0.29, 0.717) is 0 Å². The molecule has 1 atom stereocenters. The zero-order valence-electron chi connectivity index (χ0n) is 11.3. The van der Waals surface area contributed by atoms with Crippen LogP contribution in [0.4, 0.5) is 0 Å². The van der Waals surface area contributed by atoms with E-state index in [0.717, 1.165) is 37.1 Å². The molecule has 3 heteroatoms. The molecule has 1 aliphatic rings. The van der Waals surface area contributed by atoms with Crippen LogP contribution < -0.4 is 5.32 Å². The first-order valence-electron chi connectivity index (χ1n) is 6.70. The lowest BCUT2D eigenvalue weighted by molar-refractivity contribution is 0.286. The Morgan fingerprint density at radius 3 is 3.00 bits per heavy atom. The van der Waals surface area contributed by atoms with Crippen LogP contribution in [0, 0.1) is 12.8 Å². The topological polar surface area (TPSA) is 28.4 Å². The van der Waals surface area contributed by atoms with Crippen molar-refractivity contribution in [3.63, 3.8) is 0 Å². The molecule has 0 bridgehead atoms. The maximum Gasteiger partial charge on any atom is 0.118 e. The Kier molecular flexibility index (Phi) is 4.24. The zero-order chi connectivity index (χ0) is 12.3. The highest BCUT2D eigenvalue weighted by molar-refractivity contribution is 5.20. The second-order valence-corrected chi connectivity index (χ2v) is 5.20. The van der Waals surface area contributed by atoms with Gasteiger partial charge in [-0.05, 0) is 38.4 Å². The predicted octanol–water partition coefficient (Wildman–Crippen LogP) is 2.54. The minimum absolute atomic E-state index is 0.840. The van der Waals surface area contributed by atoms with Crippen molar-refractivity contribution in [2.45, 2.75) is 40.3 Å². The Bertz CT molecular complexity index is 359. The van der Waals surface area contributed by atoms with Crippen molar-refractivity contribution in [2.75, 3.05) is 19.6 Å². The van der Waals surface area contributed by atoms with Gasteiger partial charge in [0.15, 0.2) is 0 Å². The van der Waals surface area contributed by atoms with Crippen molar-refractivity contribution < 1.29 is 4.42 Å². The second-order valence-electron chi connectivity index (χ2n) is 5.20. The van der Waals surface area contributed by atoms with Gasteiger partial charge in [-0.25, -0.2) is 0 Å². The van der Waals surface area contributed by atoms with Crippen molar-refractivity contribution in [2.24, 2.45) is 5.92 Å². The van der Waals surface area contributed by atoms with Gasteiger partial charge in [0.1, 0.15) is 11.5 Å². The highest BCUT2D eigenvalue weighted by Gasteiger charge is 2.20. The molecule has 0 saturated carbocycles. The van der Waals surface area contributed by atoms with Gasteiger partial charge >= 0.3 is 0 Å². The van der Waals surface area contributed by atoms with Crippen LogP contribution in [0.2, 0.25) is 0 Å². The lowest BCUT2D eigenvalue weighted by Gasteiger charge is -2.12. The van der Waals surface area contributed by atoms with E-state index in [1.54, 1.807) is 0 Å². The monoisotopic (exact) mass is 236 g/mol. The van der Waals surface area contributed by atoms with E-state index in [1.807, 2.05) is 0 Å². The van der Waals surface area contributed by atoms with Crippen LogP contribution in [0.1, 0.15) is 37.4 Å². The highest BCUT2D eigenvalue weighted by atomic mass is 16.3. The number of rotatable bonds is 5. The average Bonchev–Trinajstić information content (AvgIpc) is 2.83. The van der Waals surface area contributed by atoms with Crippen molar-refractivity contribution in [3.05, 3.63) is 23.2 Å². The minimum Gasteiger partial charge on any atom is -0.465 e. The molecule has 0 aromatic carbocycles. The van der Waals surface area contributed by atoms with Gasteiger partial charge in [0, 0.05) is 18.7 Å². The maximum atomic E-state index is 5.83. The number of likely N-dealkylation sites (tertiary alicyclic amines) is 1. The van der Waals surface area contributed by atoms with Crippen LogP contribution in [0.15, 0.2) is 10.5 Å². The van der Waals surface area contributed by atoms with Crippen LogP contribution in [0.25, 0.3) is 0 Å². The Morgan fingerprint density at radius 1 is 1.53 bits per heavy atom. The summed E-state index contributed by atoms with van der Waals surface area (Å²) in [5.74, 6) is 3.02. The molecule has 96 valence electrons. The lowest BCUT2D eigenvalue weighted by atomic mass is 10.2. The number of nitrogens with one attached hydrogen (secondary N) is 1. The van der Waals surface area contributed by atoms with Crippen LogP contribution >= 0.6 is 0 Å². The van der Waals surface area contributed by atoms with E-state index in [9.17, 15) is 0 Å². The molecule has 0 radical (unpaired) electrons. The molecular formula is C14H24N2O. The molecule has 0 amide bonds. The minimum atomic E-state index is 0.840. The fourth-order valence-electron chi connectivity index (χ4n) is 2.49. The summed E-state index contributed by atoms with van der Waals surface area (Å²) in [5.41, 5.74) is 1.30. The van der Waals surface area contributed by atoms with Gasteiger partial charge in [0.25, 0.3) is 0 Å². The molecular weight excluding hydrogens is 212 g/mol. The molecule has 1 fully saturated rings. The summed E-state index contributed by atoms with van der Waals surface area (Å²) < 4.78 is 5.83. The molecule has 1 saturated heterocycles. The van der Waals surface area contributed by atoms with Gasteiger partial charge in [-0.3, -0.25) is 4.90 Å². The van der Waals surface area contributed by atoms with E-state index in [2.05, 4.69) is 37.1 Å². The van der Waals surface area contributed by atoms with E-state index in [4.69, 9.17) is 4.42 Å². The maximum absolute atomic E-state index is 5.83. The number of furan rings is 1. The highest BCUT2D eigenvalue weighted by Crippen LogP contribution is 2.21. The van der Waals surface area contributed by atoms with Crippen LogP contribution in [0.3, 0.4) is 0 Å². The molecule has 2 heterocycles. The van der Waals surface area contributed by atoms with Crippen LogP contribution in [-0.4, -0.2) is 24.5 Å². The Labute approximate surface area is 104 Å². The van der Waals surface area contributed by atoms with E-state index in [-0.39, 0.29) is 0 Å². The summed E-state index contributed by atoms with van der Waals surface area (Å²) in [7, 11) is 0. The molecule has 1 aliphatic heterocycles. The number of hydrogen-bond acceptors (Lipinski definition) is 3. The van der Waals surface area contributed by atoms with E-state index in [1.165, 1.54) is 25.1 Å². The van der Waals surface area contributed by atoms with Gasteiger partial charge in [-0.15, -0.1) is 0 Å². The molecule has 3 nitrogen and oxygen atoms in total. The van der Waals surface area contributed by atoms with Gasteiger partial charge in [-0.2, -0.15) is 0 Å². The summed E-state index contributed by atoms with van der Waals surface area (Å²) >= 11 is 0. The van der Waals surface area contributed by atoms with Crippen LogP contribution in [0.5, 0.6) is 0 Å². The first-order valence-corrected chi connectivity index (χ1v) is 6.70. The third-order valence-electron chi connectivity index (χ3n) is 3.52. The SMILES string of the molecule is CCNCc1cc(CN2CCC(C)C2)oc1C. The first kappa shape index (κ1) is 12.7. The van der Waals surface area contributed by atoms with Gasteiger partial charge in [-0.1, -0.05) is 13.8 Å². The largest absolute Gasteiger partial charge is 0.465 e. The molecule has 1 aromatic rings. The van der Waals surface area contributed by atoms with E-state index < -0.39 is 0 Å². The normalized spacial score (nSPS) is 21.2. The molecule has 17 heavy (non-hydrogen) atoms. The Hall–Kier alpha value is -0.800. The summed E-state index contributed by atoms with van der Waals surface area (Å²) in [4.78, 5) is 2.49. The molecule has 0 aliphatic carbocycles. The molecule has 1 N–H and O–H groups in total. The Balaban J connectivity index is 1.92. The van der Waals surface area contributed by atoms with Gasteiger partial charge in [0.2, 0.25) is 0 Å². The quantitative estimate of drug-likeness (QED) is 0.851. The lowest BCUT2D eigenvalue weighted by Crippen LogP contribution is -2.19. The standard InChI is InChI=1S/C14H24N2O/c1-4-15-8-13-7-14(17-12(13)3)10-16-6-5-11(2)9-16/h7,11,15H,4-6,8-10H2,1-3H3. The number of hydrogen-bond donors (Lipinski definition) is 1. The van der Waals surface area contributed by atoms with Gasteiger partial charge in [0.05, 0.1) is 6.54 Å². The van der Waals surface area contributed by atoms with Crippen molar-refractivity contribution in [1.82, 2.24) is 10.2 Å². The molecule has 1 aromatic heterocycles. The zero-order valence-corrected chi connectivity index (χ0v) is 11.3. The van der Waals surface area contributed by atoms with Crippen molar-refractivity contribution in [1.29, 1.82) is 0 Å². The third-order valence-corrected chi connectivity index (χ3v) is 3.52.